The van der Waals surface area contributed by atoms with E-state index in [4.69, 9.17) is 4.74 Å². The molecule has 2 amide bonds. The second-order valence-electron chi connectivity index (χ2n) is 7.04. The normalized spacial score (nSPS) is 18.2. The van der Waals surface area contributed by atoms with Crippen molar-refractivity contribution < 1.29 is 18.7 Å². The monoisotopic (exact) mass is 336 g/mol. The molecule has 1 heterocycles. The first-order valence-corrected chi connectivity index (χ1v) is 8.29. The van der Waals surface area contributed by atoms with Crippen molar-refractivity contribution in [3.05, 3.63) is 35.6 Å². The van der Waals surface area contributed by atoms with Crippen molar-refractivity contribution in [2.75, 3.05) is 13.1 Å². The Balaban J connectivity index is 1.94. The summed E-state index contributed by atoms with van der Waals surface area (Å²) >= 11 is 0. The van der Waals surface area contributed by atoms with E-state index >= 15 is 0 Å². The molecule has 6 heteroatoms. The summed E-state index contributed by atoms with van der Waals surface area (Å²) in [4.78, 5) is 26.2. The highest BCUT2D eigenvalue weighted by Crippen LogP contribution is 2.20. The number of rotatable bonds is 3. The smallest absolute Gasteiger partial charge is 0.410 e. The third-order valence-electron chi connectivity index (χ3n) is 3.86. The number of piperidine rings is 1. The minimum Gasteiger partial charge on any atom is -0.444 e. The topological polar surface area (TPSA) is 58.6 Å². The van der Waals surface area contributed by atoms with Crippen LogP contribution in [0.1, 0.15) is 50.4 Å². The molecule has 5 nitrogen and oxygen atoms in total. The van der Waals surface area contributed by atoms with Gasteiger partial charge in [0.1, 0.15) is 11.4 Å². The van der Waals surface area contributed by atoms with E-state index in [1.165, 1.54) is 24.3 Å². The van der Waals surface area contributed by atoms with Gasteiger partial charge >= 0.3 is 6.09 Å². The zero-order chi connectivity index (χ0) is 17.7. The quantitative estimate of drug-likeness (QED) is 0.921. The van der Waals surface area contributed by atoms with Crippen molar-refractivity contribution in [2.45, 2.75) is 51.7 Å². The molecule has 0 aromatic heterocycles. The van der Waals surface area contributed by atoms with Gasteiger partial charge < -0.3 is 15.0 Å². The lowest BCUT2D eigenvalue weighted by Crippen LogP contribution is -2.50. The van der Waals surface area contributed by atoms with Gasteiger partial charge in [-0.05, 0) is 64.3 Å². The van der Waals surface area contributed by atoms with Crippen LogP contribution in [0, 0.1) is 5.82 Å². The van der Waals surface area contributed by atoms with Gasteiger partial charge in [0.25, 0.3) is 5.91 Å². The molecule has 0 saturated carbocycles. The summed E-state index contributed by atoms with van der Waals surface area (Å²) in [7, 11) is 0. The van der Waals surface area contributed by atoms with Crippen LogP contribution in [0.5, 0.6) is 0 Å². The van der Waals surface area contributed by atoms with Crippen LogP contribution < -0.4 is 5.32 Å². The SMILES string of the molecule is CC(C)(C)OC(=O)N1CCCC[C@H]1CNC(=O)c1ccc(F)cc1. The van der Waals surface area contributed by atoms with Crippen LogP contribution in [0.2, 0.25) is 0 Å². The van der Waals surface area contributed by atoms with Crippen molar-refractivity contribution in [3.8, 4) is 0 Å². The number of nitrogens with one attached hydrogen (secondary N) is 1. The number of nitrogens with zero attached hydrogens (tertiary/aromatic N) is 1. The Morgan fingerprint density at radius 3 is 2.54 bits per heavy atom. The standard InChI is InChI=1S/C18H25FN2O3/c1-18(2,3)24-17(23)21-11-5-4-6-15(21)12-20-16(22)13-7-9-14(19)10-8-13/h7-10,15H,4-6,11-12H2,1-3H3,(H,20,22)/t15-/m0/s1. The Hall–Kier alpha value is -2.11. The molecule has 132 valence electrons. The summed E-state index contributed by atoms with van der Waals surface area (Å²) in [6.07, 6.45) is 2.42. The Kier molecular flexibility index (Phi) is 5.80. The van der Waals surface area contributed by atoms with E-state index in [0.29, 0.717) is 18.7 Å². The molecule has 1 aromatic rings. The largest absolute Gasteiger partial charge is 0.444 e. The highest BCUT2D eigenvalue weighted by molar-refractivity contribution is 5.94. The maximum Gasteiger partial charge on any atom is 0.410 e. The Labute approximate surface area is 142 Å². The molecule has 1 atom stereocenters. The predicted octanol–water partition coefficient (Wildman–Crippen LogP) is 3.35. The zero-order valence-corrected chi connectivity index (χ0v) is 14.5. The van der Waals surface area contributed by atoms with E-state index in [1.54, 1.807) is 4.90 Å². The van der Waals surface area contributed by atoms with Gasteiger partial charge in [-0.1, -0.05) is 0 Å². The summed E-state index contributed by atoms with van der Waals surface area (Å²) < 4.78 is 18.4. The van der Waals surface area contributed by atoms with E-state index in [0.717, 1.165) is 19.3 Å². The number of ether oxygens (including phenoxy) is 1. The second kappa shape index (κ2) is 7.64. The summed E-state index contributed by atoms with van der Waals surface area (Å²) in [5, 5.41) is 2.82. The lowest BCUT2D eigenvalue weighted by Gasteiger charge is -2.36. The van der Waals surface area contributed by atoms with Crippen LogP contribution >= 0.6 is 0 Å². The number of carbonyl (C=O) groups is 2. The summed E-state index contributed by atoms with van der Waals surface area (Å²) in [5.41, 5.74) is -0.146. The number of halogens is 1. The zero-order valence-electron chi connectivity index (χ0n) is 14.5. The number of carbonyl (C=O) groups excluding carboxylic acids is 2. The maximum absolute atomic E-state index is 12.9. The minimum atomic E-state index is -0.545. The lowest BCUT2D eigenvalue weighted by molar-refractivity contribution is 0.00986. The van der Waals surface area contributed by atoms with Crippen molar-refractivity contribution in [1.82, 2.24) is 10.2 Å². The van der Waals surface area contributed by atoms with Crippen molar-refractivity contribution in [3.63, 3.8) is 0 Å². The molecular weight excluding hydrogens is 311 g/mol. The van der Waals surface area contributed by atoms with Crippen molar-refractivity contribution in [2.24, 2.45) is 0 Å². The van der Waals surface area contributed by atoms with Gasteiger partial charge in [-0.15, -0.1) is 0 Å². The number of benzene rings is 1. The molecule has 0 bridgehead atoms. The van der Waals surface area contributed by atoms with Gasteiger partial charge in [0, 0.05) is 18.7 Å². The van der Waals surface area contributed by atoms with Gasteiger partial charge in [0.05, 0.1) is 6.04 Å². The molecule has 1 aliphatic heterocycles. The van der Waals surface area contributed by atoms with E-state index < -0.39 is 5.60 Å². The van der Waals surface area contributed by atoms with Crippen LogP contribution in [-0.2, 0) is 4.74 Å². The number of likely N-dealkylation sites (tertiary alicyclic amines) is 1. The fourth-order valence-electron chi connectivity index (χ4n) is 2.69. The van der Waals surface area contributed by atoms with Crippen LogP contribution in [0.25, 0.3) is 0 Å². The first kappa shape index (κ1) is 18.2. The van der Waals surface area contributed by atoms with Crippen LogP contribution in [-0.4, -0.2) is 41.6 Å². The van der Waals surface area contributed by atoms with Crippen LogP contribution in [0.15, 0.2) is 24.3 Å². The molecule has 1 saturated heterocycles. The summed E-state index contributed by atoms with van der Waals surface area (Å²) in [6, 6.07) is 5.30. The third kappa shape index (κ3) is 5.22. The predicted molar refractivity (Wildman–Crippen MR) is 89.3 cm³/mol. The number of hydrogen-bond donors (Lipinski definition) is 1. The van der Waals surface area contributed by atoms with Gasteiger partial charge in [0.15, 0.2) is 0 Å². The second-order valence-corrected chi connectivity index (χ2v) is 7.04. The average Bonchev–Trinajstić information content (AvgIpc) is 2.52. The number of hydrogen-bond acceptors (Lipinski definition) is 3. The molecule has 1 aromatic carbocycles. The molecule has 0 aliphatic carbocycles. The highest BCUT2D eigenvalue weighted by atomic mass is 19.1. The van der Waals surface area contributed by atoms with E-state index in [-0.39, 0.29) is 23.9 Å². The van der Waals surface area contributed by atoms with E-state index in [2.05, 4.69) is 5.32 Å². The molecule has 0 spiro atoms. The van der Waals surface area contributed by atoms with Crippen molar-refractivity contribution >= 4 is 12.0 Å². The molecule has 0 unspecified atom stereocenters. The molecule has 1 N–H and O–H groups in total. The Bertz CT molecular complexity index is 581. The average molecular weight is 336 g/mol. The summed E-state index contributed by atoms with van der Waals surface area (Å²) in [5.74, 6) is -0.653. The fraction of sp³-hybridized carbons (Fsp3) is 0.556. The first-order chi connectivity index (χ1) is 11.3. The van der Waals surface area contributed by atoms with Crippen molar-refractivity contribution in [1.29, 1.82) is 0 Å². The van der Waals surface area contributed by atoms with Gasteiger partial charge in [-0.25, -0.2) is 9.18 Å². The third-order valence-corrected chi connectivity index (χ3v) is 3.86. The minimum absolute atomic E-state index is 0.0852. The number of amides is 2. The molecule has 1 aliphatic rings. The molecular formula is C18H25FN2O3. The first-order valence-electron chi connectivity index (χ1n) is 8.29. The van der Waals surface area contributed by atoms with Gasteiger partial charge in [-0.3, -0.25) is 4.79 Å². The van der Waals surface area contributed by atoms with Gasteiger partial charge in [-0.2, -0.15) is 0 Å². The van der Waals surface area contributed by atoms with E-state index in [9.17, 15) is 14.0 Å². The van der Waals surface area contributed by atoms with Crippen LogP contribution in [0.4, 0.5) is 9.18 Å². The van der Waals surface area contributed by atoms with Gasteiger partial charge in [0.2, 0.25) is 0 Å². The fourth-order valence-corrected chi connectivity index (χ4v) is 2.69. The molecule has 1 fully saturated rings. The molecule has 2 rings (SSSR count). The Morgan fingerprint density at radius 2 is 1.92 bits per heavy atom. The lowest BCUT2D eigenvalue weighted by atomic mass is 10.0. The Morgan fingerprint density at radius 1 is 1.25 bits per heavy atom. The maximum atomic E-state index is 12.9. The highest BCUT2D eigenvalue weighted by Gasteiger charge is 2.30. The van der Waals surface area contributed by atoms with Crippen LogP contribution in [0.3, 0.4) is 0 Å². The molecule has 0 radical (unpaired) electrons. The molecule has 24 heavy (non-hydrogen) atoms. The summed E-state index contributed by atoms with van der Waals surface area (Å²) in [6.45, 7) is 6.49. The van der Waals surface area contributed by atoms with E-state index in [1.807, 2.05) is 20.8 Å².